The van der Waals surface area contributed by atoms with Crippen LogP contribution in [0.1, 0.15) is 44.9 Å². The van der Waals surface area contributed by atoms with E-state index in [4.69, 9.17) is 15.2 Å². The minimum atomic E-state index is -0.296. The van der Waals surface area contributed by atoms with Crippen LogP contribution >= 0.6 is 0 Å². The van der Waals surface area contributed by atoms with Gasteiger partial charge < -0.3 is 20.1 Å². The lowest BCUT2D eigenvalue weighted by Gasteiger charge is -2.31. The SMILES string of the molecule is CN(C(N)=NCC1COC2(CCCCC2)O1)C1CC1. The Labute approximate surface area is 115 Å². The van der Waals surface area contributed by atoms with Gasteiger partial charge in [0.25, 0.3) is 0 Å². The molecular formula is C14H25N3O2. The van der Waals surface area contributed by atoms with E-state index >= 15 is 0 Å². The number of hydrogen-bond acceptors (Lipinski definition) is 3. The van der Waals surface area contributed by atoms with E-state index in [2.05, 4.69) is 9.89 Å². The first-order valence-corrected chi connectivity index (χ1v) is 7.53. The molecule has 1 aliphatic heterocycles. The topological polar surface area (TPSA) is 60.1 Å². The first-order chi connectivity index (χ1) is 9.19. The minimum Gasteiger partial charge on any atom is -0.370 e. The fraction of sp³-hybridized carbons (Fsp3) is 0.929. The summed E-state index contributed by atoms with van der Waals surface area (Å²) in [6.07, 6.45) is 8.33. The van der Waals surface area contributed by atoms with Crippen LogP contribution in [0.25, 0.3) is 0 Å². The highest BCUT2D eigenvalue weighted by molar-refractivity contribution is 5.78. The van der Waals surface area contributed by atoms with Crippen molar-refractivity contribution >= 4 is 5.96 Å². The minimum absolute atomic E-state index is 0.0734. The van der Waals surface area contributed by atoms with E-state index in [0.717, 1.165) is 12.8 Å². The number of nitrogens with zero attached hydrogens (tertiary/aromatic N) is 2. The van der Waals surface area contributed by atoms with E-state index in [9.17, 15) is 0 Å². The Bertz CT molecular complexity index is 349. The lowest BCUT2D eigenvalue weighted by Crippen LogP contribution is -2.37. The molecule has 5 heteroatoms. The van der Waals surface area contributed by atoms with Gasteiger partial charge in [-0.25, -0.2) is 0 Å². The highest BCUT2D eigenvalue weighted by Gasteiger charge is 2.42. The van der Waals surface area contributed by atoms with Crippen molar-refractivity contribution in [3.63, 3.8) is 0 Å². The molecule has 5 nitrogen and oxygen atoms in total. The third-order valence-corrected chi connectivity index (χ3v) is 4.44. The molecule has 1 atom stereocenters. The van der Waals surface area contributed by atoms with Gasteiger partial charge in [-0.15, -0.1) is 0 Å². The lowest BCUT2D eigenvalue weighted by atomic mass is 9.94. The van der Waals surface area contributed by atoms with Crippen LogP contribution in [-0.2, 0) is 9.47 Å². The van der Waals surface area contributed by atoms with Crippen molar-refractivity contribution in [1.82, 2.24) is 4.90 Å². The van der Waals surface area contributed by atoms with Crippen LogP contribution in [0.4, 0.5) is 0 Å². The zero-order valence-corrected chi connectivity index (χ0v) is 11.8. The third-order valence-electron chi connectivity index (χ3n) is 4.44. The van der Waals surface area contributed by atoms with Gasteiger partial charge in [-0.2, -0.15) is 0 Å². The maximum Gasteiger partial charge on any atom is 0.191 e. The van der Waals surface area contributed by atoms with E-state index in [1.165, 1.54) is 32.1 Å². The average Bonchev–Trinajstić information content (AvgIpc) is 3.21. The molecule has 0 aromatic heterocycles. The van der Waals surface area contributed by atoms with Crippen LogP contribution in [0.5, 0.6) is 0 Å². The second-order valence-electron chi connectivity index (χ2n) is 6.06. The summed E-state index contributed by atoms with van der Waals surface area (Å²) in [5.74, 6) is 0.339. The Morgan fingerprint density at radius 1 is 1.32 bits per heavy atom. The fourth-order valence-corrected chi connectivity index (χ4v) is 3.01. The highest BCUT2D eigenvalue weighted by atomic mass is 16.7. The molecule has 19 heavy (non-hydrogen) atoms. The van der Waals surface area contributed by atoms with Crippen molar-refractivity contribution in [2.45, 2.75) is 62.9 Å². The maximum atomic E-state index is 6.09. The van der Waals surface area contributed by atoms with Crippen LogP contribution in [0.3, 0.4) is 0 Å². The molecule has 0 bridgehead atoms. The van der Waals surface area contributed by atoms with Crippen molar-refractivity contribution in [2.75, 3.05) is 20.2 Å². The van der Waals surface area contributed by atoms with E-state index in [-0.39, 0.29) is 11.9 Å². The van der Waals surface area contributed by atoms with Gasteiger partial charge in [-0.1, -0.05) is 6.42 Å². The van der Waals surface area contributed by atoms with Gasteiger partial charge in [-0.05, 0) is 25.7 Å². The summed E-state index contributed by atoms with van der Waals surface area (Å²) in [5, 5.41) is 0. The van der Waals surface area contributed by atoms with Crippen molar-refractivity contribution in [1.29, 1.82) is 0 Å². The highest BCUT2D eigenvalue weighted by Crippen LogP contribution is 2.37. The summed E-state index contributed by atoms with van der Waals surface area (Å²) in [4.78, 5) is 6.54. The Balaban J connectivity index is 1.49. The van der Waals surface area contributed by atoms with Crippen LogP contribution in [0, 0.1) is 0 Å². The molecule has 1 heterocycles. The molecule has 0 amide bonds. The summed E-state index contributed by atoms with van der Waals surface area (Å²) >= 11 is 0. The van der Waals surface area contributed by atoms with Gasteiger partial charge in [0.05, 0.1) is 13.2 Å². The summed E-state index contributed by atoms with van der Waals surface area (Å²) < 4.78 is 12.0. The number of nitrogens with two attached hydrogens (primary N) is 1. The first kappa shape index (κ1) is 13.2. The Hall–Kier alpha value is -0.810. The second-order valence-corrected chi connectivity index (χ2v) is 6.06. The summed E-state index contributed by atoms with van der Waals surface area (Å²) in [7, 11) is 2.02. The standard InChI is InChI=1S/C14H25N3O2/c1-17(11-5-6-11)13(15)16-9-12-10-18-14(19-12)7-3-2-4-8-14/h11-12H,2-10H2,1H3,(H2,15,16). The van der Waals surface area contributed by atoms with E-state index in [1.54, 1.807) is 0 Å². The largest absolute Gasteiger partial charge is 0.370 e. The molecule has 1 saturated heterocycles. The van der Waals surface area contributed by atoms with Crippen molar-refractivity contribution < 1.29 is 9.47 Å². The molecule has 3 aliphatic rings. The number of hydrogen-bond donors (Lipinski definition) is 1. The molecule has 0 aromatic rings. The normalized spacial score (nSPS) is 30.8. The first-order valence-electron chi connectivity index (χ1n) is 7.53. The molecule has 0 radical (unpaired) electrons. The summed E-state index contributed by atoms with van der Waals surface area (Å²) in [6.45, 7) is 1.27. The van der Waals surface area contributed by atoms with Gasteiger partial charge >= 0.3 is 0 Å². The molecule has 0 aromatic carbocycles. The molecule has 108 valence electrons. The lowest BCUT2D eigenvalue weighted by molar-refractivity contribution is -0.186. The molecular weight excluding hydrogens is 242 g/mol. The zero-order chi connectivity index (χ0) is 13.3. The number of aliphatic imine (C=N–C) groups is 1. The van der Waals surface area contributed by atoms with E-state index in [1.807, 2.05) is 7.05 Å². The molecule has 3 rings (SSSR count). The van der Waals surface area contributed by atoms with Gasteiger partial charge in [0.15, 0.2) is 11.7 Å². The Morgan fingerprint density at radius 2 is 2.05 bits per heavy atom. The van der Waals surface area contributed by atoms with Crippen molar-refractivity contribution in [2.24, 2.45) is 10.7 Å². The zero-order valence-electron chi connectivity index (χ0n) is 11.8. The molecule has 2 aliphatic carbocycles. The van der Waals surface area contributed by atoms with Gasteiger partial charge in [-0.3, -0.25) is 4.99 Å². The molecule has 2 N–H and O–H groups in total. The molecule has 3 fully saturated rings. The number of rotatable bonds is 3. The molecule has 2 saturated carbocycles. The second kappa shape index (κ2) is 5.29. The third kappa shape index (κ3) is 3.03. The average molecular weight is 267 g/mol. The number of ether oxygens (including phenoxy) is 2. The summed E-state index contributed by atoms with van der Waals surface area (Å²) in [6, 6.07) is 0.606. The van der Waals surface area contributed by atoms with Crippen LogP contribution in [0.15, 0.2) is 4.99 Å². The predicted molar refractivity (Wildman–Crippen MR) is 73.9 cm³/mol. The quantitative estimate of drug-likeness (QED) is 0.621. The van der Waals surface area contributed by atoms with Gasteiger partial charge in [0.2, 0.25) is 0 Å². The van der Waals surface area contributed by atoms with Crippen LogP contribution in [0.2, 0.25) is 0 Å². The Morgan fingerprint density at radius 3 is 2.74 bits per heavy atom. The number of guanidine groups is 1. The monoisotopic (exact) mass is 267 g/mol. The van der Waals surface area contributed by atoms with Crippen LogP contribution < -0.4 is 5.73 Å². The predicted octanol–water partition coefficient (Wildman–Crippen LogP) is 1.47. The van der Waals surface area contributed by atoms with Gasteiger partial charge in [0, 0.05) is 25.9 Å². The van der Waals surface area contributed by atoms with Gasteiger partial charge in [0.1, 0.15) is 6.10 Å². The van der Waals surface area contributed by atoms with Crippen molar-refractivity contribution in [3.05, 3.63) is 0 Å². The van der Waals surface area contributed by atoms with Crippen molar-refractivity contribution in [3.8, 4) is 0 Å². The summed E-state index contributed by atoms with van der Waals surface area (Å²) in [5.41, 5.74) is 5.99. The van der Waals surface area contributed by atoms with Crippen LogP contribution in [-0.4, -0.2) is 49.0 Å². The molecule has 1 spiro atoms. The fourth-order valence-electron chi connectivity index (χ4n) is 3.01. The maximum absolute atomic E-state index is 6.09. The molecule has 1 unspecified atom stereocenters. The smallest absolute Gasteiger partial charge is 0.191 e. The van der Waals surface area contributed by atoms with E-state index in [0.29, 0.717) is 25.2 Å². The Kier molecular flexibility index (Phi) is 3.67. The van der Waals surface area contributed by atoms with E-state index < -0.39 is 0 Å².